The molecule has 2 aromatic heterocycles. The first-order valence-corrected chi connectivity index (χ1v) is 9.54. The fraction of sp³-hybridized carbons (Fsp3) is 0.136. The van der Waals surface area contributed by atoms with E-state index in [9.17, 15) is 9.59 Å². The fourth-order valence-corrected chi connectivity index (χ4v) is 3.16. The predicted octanol–water partition coefficient (Wildman–Crippen LogP) is 3.44. The smallest absolute Gasteiger partial charge is 0.277 e. The highest BCUT2D eigenvalue weighted by molar-refractivity contribution is 6.30. The summed E-state index contributed by atoms with van der Waals surface area (Å²) in [5, 5.41) is 7.93. The zero-order valence-corrected chi connectivity index (χ0v) is 16.6. The fourth-order valence-electron chi connectivity index (χ4n) is 3.03. The molecule has 0 bridgehead atoms. The number of carbonyl (C=O) groups is 1. The summed E-state index contributed by atoms with van der Waals surface area (Å²) in [6.45, 7) is 2.33. The first-order chi connectivity index (χ1) is 14.0. The van der Waals surface area contributed by atoms with Gasteiger partial charge < -0.3 is 9.88 Å². The van der Waals surface area contributed by atoms with Crippen molar-refractivity contribution in [2.24, 2.45) is 0 Å². The lowest BCUT2D eigenvalue weighted by atomic mass is 10.1. The Morgan fingerprint density at radius 2 is 1.79 bits per heavy atom. The van der Waals surface area contributed by atoms with Gasteiger partial charge in [0, 0.05) is 29.5 Å². The van der Waals surface area contributed by atoms with Crippen LogP contribution in [-0.2, 0) is 17.9 Å². The maximum atomic E-state index is 12.8. The van der Waals surface area contributed by atoms with Gasteiger partial charge in [-0.2, -0.15) is 5.10 Å². The second-order valence-electron chi connectivity index (χ2n) is 6.86. The van der Waals surface area contributed by atoms with Crippen molar-refractivity contribution in [3.63, 3.8) is 0 Å². The van der Waals surface area contributed by atoms with Crippen LogP contribution < -0.4 is 10.9 Å². The quantitative estimate of drug-likeness (QED) is 0.552. The molecule has 0 radical (unpaired) electrons. The van der Waals surface area contributed by atoms with E-state index in [0.717, 1.165) is 16.7 Å². The van der Waals surface area contributed by atoms with Gasteiger partial charge >= 0.3 is 0 Å². The Labute approximate surface area is 172 Å². The summed E-state index contributed by atoms with van der Waals surface area (Å²) in [5.74, 6) is -0.246. The second kappa shape index (κ2) is 7.93. The van der Waals surface area contributed by atoms with Gasteiger partial charge in [0.1, 0.15) is 12.1 Å². The molecular weight excluding hydrogens is 388 g/mol. The molecule has 4 rings (SSSR count). The van der Waals surface area contributed by atoms with Crippen LogP contribution in [0.2, 0.25) is 5.02 Å². The van der Waals surface area contributed by atoms with Gasteiger partial charge in [-0.1, -0.05) is 53.6 Å². The molecule has 6 nitrogen and oxygen atoms in total. The lowest BCUT2D eigenvalue weighted by Crippen LogP contribution is -2.32. The summed E-state index contributed by atoms with van der Waals surface area (Å²) in [4.78, 5) is 25.1. The third-order valence-corrected chi connectivity index (χ3v) is 4.92. The van der Waals surface area contributed by atoms with Crippen LogP contribution in [0.1, 0.15) is 11.1 Å². The van der Waals surface area contributed by atoms with Gasteiger partial charge in [-0.15, -0.1) is 0 Å². The van der Waals surface area contributed by atoms with Crippen molar-refractivity contribution in [2.45, 2.75) is 20.0 Å². The Hall–Kier alpha value is -3.38. The van der Waals surface area contributed by atoms with Gasteiger partial charge in [-0.25, -0.2) is 4.52 Å². The molecule has 2 heterocycles. The predicted molar refractivity (Wildman–Crippen MR) is 113 cm³/mol. The van der Waals surface area contributed by atoms with Crippen molar-refractivity contribution in [1.82, 2.24) is 19.5 Å². The average molecular weight is 407 g/mol. The third-order valence-electron chi connectivity index (χ3n) is 4.67. The molecule has 0 unspecified atom stereocenters. The van der Waals surface area contributed by atoms with Crippen molar-refractivity contribution in [3.05, 3.63) is 93.5 Å². The Balaban J connectivity index is 1.51. The Morgan fingerprint density at radius 3 is 2.52 bits per heavy atom. The van der Waals surface area contributed by atoms with Crippen molar-refractivity contribution in [3.8, 4) is 11.3 Å². The number of fused-ring (bicyclic) bond motifs is 1. The minimum absolute atomic E-state index is 0.0615. The van der Waals surface area contributed by atoms with Crippen LogP contribution in [0.25, 0.3) is 16.8 Å². The molecule has 0 saturated carbocycles. The van der Waals surface area contributed by atoms with Gasteiger partial charge in [0.25, 0.3) is 5.56 Å². The molecule has 0 saturated heterocycles. The van der Waals surface area contributed by atoms with E-state index in [1.54, 1.807) is 35.1 Å². The summed E-state index contributed by atoms with van der Waals surface area (Å²) in [7, 11) is 0. The molecule has 0 aliphatic rings. The number of hydrogen-bond donors (Lipinski definition) is 1. The van der Waals surface area contributed by atoms with Crippen molar-refractivity contribution >= 4 is 23.0 Å². The van der Waals surface area contributed by atoms with E-state index in [-0.39, 0.29) is 18.0 Å². The number of nitrogens with zero attached hydrogens (tertiary/aromatic N) is 3. The molecule has 29 heavy (non-hydrogen) atoms. The number of hydrogen-bond acceptors (Lipinski definition) is 3. The largest absolute Gasteiger partial charge is 0.350 e. The highest BCUT2D eigenvalue weighted by atomic mass is 35.5. The third kappa shape index (κ3) is 4.22. The minimum atomic E-state index is -0.264. The zero-order valence-electron chi connectivity index (χ0n) is 15.8. The topological polar surface area (TPSA) is 68.4 Å². The molecule has 146 valence electrons. The summed E-state index contributed by atoms with van der Waals surface area (Å²) >= 11 is 5.86. The first kappa shape index (κ1) is 19.0. The van der Waals surface area contributed by atoms with Crippen LogP contribution in [0.4, 0.5) is 0 Å². The molecule has 0 atom stereocenters. The van der Waals surface area contributed by atoms with Crippen molar-refractivity contribution in [1.29, 1.82) is 0 Å². The lowest BCUT2D eigenvalue weighted by molar-refractivity contribution is -0.121. The van der Waals surface area contributed by atoms with E-state index in [4.69, 9.17) is 11.6 Å². The van der Waals surface area contributed by atoms with Gasteiger partial charge in [0.15, 0.2) is 0 Å². The van der Waals surface area contributed by atoms with Gasteiger partial charge in [0.2, 0.25) is 5.91 Å². The first-order valence-electron chi connectivity index (χ1n) is 9.16. The van der Waals surface area contributed by atoms with Crippen LogP contribution in [0.3, 0.4) is 0 Å². The van der Waals surface area contributed by atoms with E-state index in [0.29, 0.717) is 22.8 Å². The number of benzene rings is 2. The number of aromatic nitrogens is 3. The normalized spacial score (nSPS) is 11.0. The average Bonchev–Trinajstić information content (AvgIpc) is 3.15. The molecule has 1 N–H and O–H groups in total. The van der Waals surface area contributed by atoms with Gasteiger partial charge in [-0.3, -0.25) is 9.59 Å². The van der Waals surface area contributed by atoms with Crippen molar-refractivity contribution in [2.75, 3.05) is 0 Å². The number of amides is 1. The Morgan fingerprint density at radius 1 is 1.07 bits per heavy atom. The van der Waals surface area contributed by atoms with Crippen LogP contribution in [0, 0.1) is 6.92 Å². The summed E-state index contributed by atoms with van der Waals surface area (Å²) in [6, 6.07) is 16.9. The van der Waals surface area contributed by atoms with Crippen LogP contribution in [-0.4, -0.2) is 20.1 Å². The Kier molecular flexibility index (Phi) is 5.18. The second-order valence-corrected chi connectivity index (χ2v) is 7.30. The molecule has 1 amide bonds. The summed E-state index contributed by atoms with van der Waals surface area (Å²) < 4.78 is 2.92. The molecule has 7 heteroatoms. The maximum Gasteiger partial charge on any atom is 0.277 e. The van der Waals surface area contributed by atoms with E-state index in [1.807, 2.05) is 43.3 Å². The molecule has 2 aromatic carbocycles. The summed E-state index contributed by atoms with van der Waals surface area (Å²) in [5.41, 5.74) is 3.90. The van der Waals surface area contributed by atoms with Crippen LogP contribution in [0.5, 0.6) is 0 Å². The van der Waals surface area contributed by atoms with Crippen molar-refractivity contribution < 1.29 is 4.79 Å². The number of aryl methyl sites for hydroxylation is 1. The lowest BCUT2D eigenvalue weighted by Gasteiger charge is -2.08. The minimum Gasteiger partial charge on any atom is -0.350 e. The van der Waals surface area contributed by atoms with E-state index in [2.05, 4.69) is 10.4 Å². The standard InChI is InChI=1S/C22H19ClN4O2/c1-15-2-6-17(7-3-15)19-12-20-22(29)26(10-11-27(20)25-19)14-21(28)24-13-16-4-8-18(23)9-5-16/h2-12H,13-14H2,1H3,(H,24,28). The van der Waals surface area contributed by atoms with Gasteiger partial charge in [0.05, 0.1) is 5.69 Å². The number of nitrogens with one attached hydrogen (secondary N) is 1. The zero-order chi connectivity index (χ0) is 20.4. The number of halogens is 1. The van der Waals surface area contributed by atoms with Crippen LogP contribution >= 0.6 is 11.6 Å². The number of carbonyl (C=O) groups excluding carboxylic acids is 1. The monoisotopic (exact) mass is 406 g/mol. The maximum absolute atomic E-state index is 12.8. The summed E-state index contributed by atoms with van der Waals surface area (Å²) in [6.07, 6.45) is 3.25. The van der Waals surface area contributed by atoms with Gasteiger partial charge in [-0.05, 0) is 30.7 Å². The highest BCUT2D eigenvalue weighted by Gasteiger charge is 2.11. The SMILES string of the molecule is Cc1ccc(-c2cc3c(=O)n(CC(=O)NCc4ccc(Cl)cc4)ccn3n2)cc1. The number of rotatable bonds is 5. The van der Waals surface area contributed by atoms with E-state index in [1.165, 1.54) is 4.57 Å². The molecule has 0 aliphatic heterocycles. The van der Waals surface area contributed by atoms with E-state index >= 15 is 0 Å². The van der Waals surface area contributed by atoms with Crippen LogP contribution in [0.15, 0.2) is 71.8 Å². The molecular formula is C22H19ClN4O2. The molecule has 0 aliphatic carbocycles. The highest BCUT2D eigenvalue weighted by Crippen LogP contribution is 2.18. The Bertz CT molecular complexity index is 1220. The molecule has 0 fully saturated rings. The molecule has 4 aromatic rings. The molecule has 0 spiro atoms. The van der Waals surface area contributed by atoms with E-state index < -0.39 is 0 Å².